The predicted octanol–water partition coefficient (Wildman–Crippen LogP) is -5.66. The van der Waals surface area contributed by atoms with Crippen molar-refractivity contribution in [1.82, 2.24) is 0 Å². The Bertz CT molecular complexity index is 24.8. The number of hydrogen-bond donors (Lipinski definition) is 0. The summed E-state index contributed by atoms with van der Waals surface area (Å²) >= 11 is -3.28. The fourth-order valence-electron chi connectivity index (χ4n) is 0. The van der Waals surface area contributed by atoms with Crippen molar-refractivity contribution in [2.45, 2.75) is 0 Å². The summed E-state index contributed by atoms with van der Waals surface area (Å²) in [6.07, 6.45) is 0. The van der Waals surface area contributed by atoms with E-state index >= 15 is 0 Å². The molecule has 0 atom stereocenters. The fourth-order valence-corrected chi connectivity index (χ4v) is 0. The van der Waals surface area contributed by atoms with E-state index in [-0.39, 0.29) is 23.1 Å². The minimum Gasteiger partial charge on any atom is -0.396 e. The molecule has 0 bridgehead atoms. The highest BCUT2D eigenvalue weighted by atomic mass is 127. The van der Waals surface area contributed by atoms with E-state index in [0.29, 0.717) is 0 Å². The van der Waals surface area contributed by atoms with Crippen LogP contribution in [0, 0.1) is 0 Å². The van der Waals surface area contributed by atoms with Gasteiger partial charge in [-0.3, -0.25) is 0 Å². The molecule has 0 aliphatic carbocycles. The summed E-state index contributed by atoms with van der Waals surface area (Å²) in [5.74, 6) is 0. The molecule has 0 heterocycles. The molecule has 0 aliphatic heterocycles. The molecule has 0 rings (SSSR count). The third-order valence-electron chi connectivity index (χ3n) is 0.126. The molecule has 0 aromatic heterocycles. The van der Waals surface area contributed by atoms with Gasteiger partial charge in [0.1, 0.15) is 7.11 Å². The van der Waals surface area contributed by atoms with Gasteiger partial charge in [-0.2, -0.15) is 0 Å². The van der Waals surface area contributed by atoms with Crippen LogP contribution in [0.2, 0.25) is 0 Å². The first-order chi connectivity index (χ1) is 2.27. The standard InChI is InChI=1S/CH3IO3.Mg/c1-5-2(3)4;/h1H3;. The van der Waals surface area contributed by atoms with Crippen LogP contribution < -0.4 is 27.9 Å². The van der Waals surface area contributed by atoms with E-state index in [2.05, 4.69) is 3.07 Å². The van der Waals surface area contributed by atoms with Gasteiger partial charge >= 0.3 is 21.1 Å². The third kappa shape index (κ3) is 9.03. The predicted molar refractivity (Wildman–Crippen MR) is 12.8 cm³/mol. The second-order valence-electron chi connectivity index (χ2n) is 0.343. The van der Waals surface area contributed by atoms with Crippen LogP contribution in [0.5, 0.6) is 0 Å². The molecular formula is CH3IMgO3. The van der Waals surface area contributed by atoms with Crippen LogP contribution in [0.4, 0.5) is 0 Å². The smallest absolute Gasteiger partial charge is 0.396 e. The van der Waals surface area contributed by atoms with Gasteiger partial charge in [0.25, 0.3) is 0 Å². The Morgan fingerprint density at radius 1 is 1.50 bits per heavy atom. The van der Waals surface area contributed by atoms with E-state index in [4.69, 9.17) is 0 Å². The molecule has 0 aliphatic rings. The zero-order chi connectivity index (χ0) is 4.28. The first kappa shape index (κ1) is 10.4. The van der Waals surface area contributed by atoms with Crippen LogP contribution in [0.15, 0.2) is 0 Å². The van der Waals surface area contributed by atoms with Crippen molar-refractivity contribution < 1.29 is 31.0 Å². The quantitative estimate of drug-likeness (QED) is 0.323. The van der Waals surface area contributed by atoms with Crippen LogP contribution >= 0.6 is 0 Å². The maximum atomic E-state index is 9.27. The highest BCUT2D eigenvalue weighted by Crippen LogP contribution is 1.05. The van der Waals surface area contributed by atoms with Crippen molar-refractivity contribution in [3.05, 3.63) is 0 Å². The Hall–Kier alpha value is 1.38. The van der Waals surface area contributed by atoms with Crippen molar-refractivity contribution in [1.29, 1.82) is 0 Å². The lowest BCUT2D eigenvalue weighted by atomic mass is 11.8. The van der Waals surface area contributed by atoms with Crippen molar-refractivity contribution in [3.8, 4) is 0 Å². The molecule has 0 fully saturated rings. The lowest BCUT2D eigenvalue weighted by molar-refractivity contribution is -1.63. The summed E-state index contributed by atoms with van der Waals surface area (Å²) < 4.78 is 22.3. The molecule has 0 aromatic carbocycles. The van der Waals surface area contributed by atoms with Gasteiger partial charge in [-0.1, -0.05) is 0 Å². The van der Waals surface area contributed by atoms with E-state index in [1.54, 1.807) is 0 Å². The normalized spacial score (nSPS) is 8.00. The molecular weight excluding hydrogens is 211 g/mol. The van der Waals surface area contributed by atoms with Crippen molar-refractivity contribution >= 4 is 23.1 Å². The Labute approximate surface area is 60.9 Å². The van der Waals surface area contributed by atoms with E-state index in [9.17, 15) is 6.87 Å². The van der Waals surface area contributed by atoms with Gasteiger partial charge in [0.2, 0.25) is 0 Å². The zero-order valence-electron chi connectivity index (χ0n) is 3.31. The van der Waals surface area contributed by atoms with Gasteiger partial charge < -0.3 is 6.87 Å². The Balaban J connectivity index is 0. The highest BCUT2D eigenvalue weighted by Gasteiger charge is 2.01. The van der Waals surface area contributed by atoms with Crippen LogP contribution in [0.25, 0.3) is 0 Å². The molecule has 0 unspecified atom stereocenters. The first-order valence-corrected chi connectivity index (χ1v) is 3.51. The minimum atomic E-state index is -3.28. The van der Waals surface area contributed by atoms with E-state index in [0.717, 1.165) is 7.11 Å². The van der Waals surface area contributed by atoms with Gasteiger partial charge in [-0.15, -0.1) is 0 Å². The lowest BCUT2D eigenvalue weighted by Gasteiger charge is -1.77. The van der Waals surface area contributed by atoms with E-state index in [1.165, 1.54) is 0 Å². The molecule has 0 saturated heterocycles. The third-order valence-corrected chi connectivity index (χ3v) is 0.845. The van der Waals surface area contributed by atoms with Crippen molar-refractivity contribution in [2.24, 2.45) is 0 Å². The van der Waals surface area contributed by atoms with Crippen LogP contribution in [-0.4, -0.2) is 30.2 Å². The molecule has 0 amide bonds. The average molecular weight is 214 g/mol. The zero-order valence-corrected chi connectivity index (χ0v) is 6.88. The topological polar surface area (TPSA) is 55.3 Å². The largest absolute Gasteiger partial charge is 0.506 e. The Morgan fingerprint density at radius 2 is 1.67 bits per heavy atom. The molecule has 0 saturated carbocycles. The summed E-state index contributed by atoms with van der Waals surface area (Å²) in [4.78, 5) is 0. The molecule has 3 nitrogen and oxygen atoms in total. The van der Waals surface area contributed by atoms with Crippen LogP contribution in [-0.2, 0) is 3.07 Å². The van der Waals surface area contributed by atoms with Gasteiger partial charge in [-0.25, -0.2) is 0 Å². The summed E-state index contributed by atoms with van der Waals surface area (Å²) in [7, 11) is 1.14. The average Bonchev–Trinajstić information content (AvgIpc) is 1.38. The molecule has 0 aromatic rings. The highest BCUT2D eigenvalue weighted by molar-refractivity contribution is 5.75. The summed E-state index contributed by atoms with van der Waals surface area (Å²) in [5, 5.41) is 0. The Kier molecular flexibility index (Phi) is 11.0. The SMILES string of the molecule is CO[I+2]([O-])[O-].[Mg]. The maximum absolute atomic E-state index is 9.27. The first-order valence-electron chi connectivity index (χ1n) is 0.871. The van der Waals surface area contributed by atoms with Gasteiger partial charge in [0.05, 0.1) is 0 Å². The molecule has 2 radical (unpaired) electrons. The number of rotatable bonds is 1. The Morgan fingerprint density at radius 3 is 1.67 bits per heavy atom. The molecule has 0 spiro atoms. The second kappa shape index (κ2) is 6.38. The monoisotopic (exact) mass is 214 g/mol. The lowest BCUT2D eigenvalue weighted by Crippen LogP contribution is -3.98. The molecule has 0 N–H and O–H groups in total. The van der Waals surface area contributed by atoms with E-state index < -0.39 is 21.1 Å². The summed E-state index contributed by atoms with van der Waals surface area (Å²) in [6.45, 7) is 0. The van der Waals surface area contributed by atoms with Crippen LogP contribution in [0.3, 0.4) is 0 Å². The summed E-state index contributed by atoms with van der Waals surface area (Å²) in [6, 6.07) is 0. The van der Waals surface area contributed by atoms with Gasteiger partial charge in [0, 0.05) is 23.1 Å². The van der Waals surface area contributed by atoms with Crippen molar-refractivity contribution in [3.63, 3.8) is 0 Å². The van der Waals surface area contributed by atoms with Gasteiger partial charge in [-0.05, 0) is 3.07 Å². The van der Waals surface area contributed by atoms with E-state index in [1.807, 2.05) is 0 Å². The number of hydrogen-bond acceptors (Lipinski definition) is 3. The second-order valence-corrected chi connectivity index (χ2v) is 2.30. The molecule has 6 heavy (non-hydrogen) atoms. The van der Waals surface area contributed by atoms with Crippen LogP contribution in [0.1, 0.15) is 0 Å². The maximum Gasteiger partial charge on any atom is 0.506 e. The number of halogens is 1. The summed E-state index contributed by atoms with van der Waals surface area (Å²) in [5.41, 5.74) is 0. The molecule has 34 valence electrons. The van der Waals surface area contributed by atoms with Crippen molar-refractivity contribution in [2.75, 3.05) is 7.11 Å². The molecule has 5 heteroatoms. The fraction of sp³-hybridized carbons (Fsp3) is 1.00. The van der Waals surface area contributed by atoms with Gasteiger partial charge in [0.15, 0.2) is 0 Å². The minimum absolute atomic E-state index is 0.